The molecule has 20 heavy (non-hydrogen) atoms. The van der Waals surface area contributed by atoms with Crippen molar-refractivity contribution in [3.63, 3.8) is 0 Å². The SMILES string of the molecule is CCCNC(Cc1cccc(C)c1)C1(C)CCCCO1. The molecular formula is C18H29NO. The Morgan fingerprint density at radius 3 is 2.85 bits per heavy atom. The lowest BCUT2D eigenvalue weighted by atomic mass is 9.84. The summed E-state index contributed by atoms with van der Waals surface area (Å²) in [7, 11) is 0. The summed E-state index contributed by atoms with van der Waals surface area (Å²) in [5, 5.41) is 3.72. The molecule has 2 rings (SSSR count). The summed E-state index contributed by atoms with van der Waals surface area (Å²) in [5.41, 5.74) is 2.73. The lowest BCUT2D eigenvalue weighted by Gasteiger charge is -2.41. The Hall–Kier alpha value is -0.860. The minimum absolute atomic E-state index is 0.0167. The summed E-state index contributed by atoms with van der Waals surface area (Å²) in [6.45, 7) is 8.65. The maximum absolute atomic E-state index is 6.16. The first kappa shape index (κ1) is 15.5. The van der Waals surface area contributed by atoms with E-state index >= 15 is 0 Å². The van der Waals surface area contributed by atoms with E-state index in [9.17, 15) is 0 Å². The third kappa shape index (κ3) is 4.07. The molecule has 2 nitrogen and oxygen atoms in total. The van der Waals surface area contributed by atoms with Gasteiger partial charge in [0.1, 0.15) is 0 Å². The van der Waals surface area contributed by atoms with Crippen LogP contribution in [0.2, 0.25) is 0 Å². The number of nitrogens with one attached hydrogen (secondary N) is 1. The topological polar surface area (TPSA) is 21.3 Å². The third-order valence-electron chi connectivity index (χ3n) is 4.40. The van der Waals surface area contributed by atoms with Crippen LogP contribution in [0.3, 0.4) is 0 Å². The van der Waals surface area contributed by atoms with Gasteiger partial charge in [-0.25, -0.2) is 0 Å². The van der Waals surface area contributed by atoms with E-state index in [0.717, 1.165) is 19.6 Å². The summed E-state index contributed by atoms with van der Waals surface area (Å²) >= 11 is 0. The van der Waals surface area contributed by atoms with Crippen LogP contribution < -0.4 is 5.32 Å². The van der Waals surface area contributed by atoms with Gasteiger partial charge < -0.3 is 10.1 Å². The standard InChI is InChI=1S/C18H29NO/c1-4-11-19-17(18(3)10-5-6-12-20-18)14-16-9-7-8-15(2)13-16/h7-9,13,17,19H,4-6,10-12,14H2,1-3H3. The number of hydrogen-bond acceptors (Lipinski definition) is 2. The van der Waals surface area contributed by atoms with E-state index in [0.29, 0.717) is 6.04 Å². The van der Waals surface area contributed by atoms with Crippen molar-refractivity contribution in [1.82, 2.24) is 5.32 Å². The second-order valence-electron chi connectivity index (χ2n) is 6.32. The second kappa shape index (κ2) is 7.24. The number of ether oxygens (including phenoxy) is 1. The van der Waals surface area contributed by atoms with E-state index in [1.54, 1.807) is 0 Å². The molecule has 0 saturated carbocycles. The van der Waals surface area contributed by atoms with Gasteiger partial charge in [0.15, 0.2) is 0 Å². The van der Waals surface area contributed by atoms with Gasteiger partial charge in [-0.1, -0.05) is 36.8 Å². The van der Waals surface area contributed by atoms with Crippen molar-refractivity contribution in [3.8, 4) is 0 Å². The van der Waals surface area contributed by atoms with Crippen LogP contribution in [0.15, 0.2) is 24.3 Å². The highest BCUT2D eigenvalue weighted by Gasteiger charge is 2.36. The van der Waals surface area contributed by atoms with Crippen molar-refractivity contribution in [3.05, 3.63) is 35.4 Å². The first-order chi connectivity index (χ1) is 9.64. The molecule has 0 spiro atoms. The van der Waals surface area contributed by atoms with Crippen LogP contribution in [0.25, 0.3) is 0 Å². The van der Waals surface area contributed by atoms with E-state index in [4.69, 9.17) is 4.74 Å². The number of benzene rings is 1. The predicted molar refractivity (Wildman–Crippen MR) is 85.2 cm³/mol. The number of rotatable bonds is 6. The molecule has 0 radical (unpaired) electrons. The van der Waals surface area contributed by atoms with Crippen molar-refractivity contribution in [2.75, 3.05) is 13.2 Å². The van der Waals surface area contributed by atoms with Gasteiger partial charge in [0, 0.05) is 12.6 Å². The van der Waals surface area contributed by atoms with E-state index in [2.05, 4.69) is 50.4 Å². The first-order valence-electron chi connectivity index (χ1n) is 8.07. The van der Waals surface area contributed by atoms with Crippen molar-refractivity contribution in [1.29, 1.82) is 0 Å². The Morgan fingerprint density at radius 2 is 2.20 bits per heavy atom. The zero-order chi connectivity index (χ0) is 14.4. The van der Waals surface area contributed by atoms with Crippen LogP contribution >= 0.6 is 0 Å². The average molecular weight is 275 g/mol. The Bertz CT molecular complexity index is 410. The smallest absolute Gasteiger partial charge is 0.0810 e. The largest absolute Gasteiger partial charge is 0.374 e. The van der Waals surface area contributed by atoms with Crippen LogP contribution in [0.5, 0.6) is 0 Å². The fourth-order valence-electron chi connectivity index (χ4n) is 3.13. The lowest BCUT2D eigenvalue weighted by molar-refractivity contribution is -0.0883. The van der Waals surface area contributed by atoms with E-state index < -0.39 is 0 Å². The highest BCUT2D eigenvalue weighted by atomic mass is 16.5. The fraction of sp³-hybridized carbons (Fsp3) is 0.667. The lowest BCUT2D eigenvalue weighted by Crippen LogP contribution is -2.53. The highest BCUT2D eigenvalue weighted by molar-refractivity contribution is 5.23. The molecule has 2 unspecified atom stereocenters. The van der Waals surface area contributed by atoms with Gasteiger partial charge in [0.2, 0.25) is 0 Å². The molecule has 0 aliphatic carbocycles. The zero-order valence-corrected chi connectivity index (χ0v) is 13.2. The molecule has 1 heterocycles. The predicted octanol–water partition coefficient (Wildman–Crippen LogP) is 3.86. The molecule has 0 bridgehead atoms. The maximum Gasteiger partial charge on any atom is 0.0810 e. The normalized spacial score (nSPS) is 24.6. The van der Waals surface area contributed by atoms with Gasteiger partial charge in [0.25, 0.3) is 0 Å². The van der Waals surface area contributed by atoms with E-state index in [-0.39, 0.29) is 5.60 Å². The summed E-state index contributed by atoms with van der Waals surface area (Å²) in [6.07, 6.45) is 5.88. The zero-order valence-electron chi connectivity index (χ0n) is 13.2. The molecule has 0 aromatic heterocycles. The molecule has 2 atom stereocenters. The van der Waals surface area contributed by atoms with Crippen molar-refractivity contribution in [2.24, 2.45) is 0 Å². The van der Waals surface area contributed by atoms with E-state index in [1.165, 1.54) is 36.8 Å². The molecule has 1 saturated heterocycles. The minimum atomic E-state index is -0.0167. The van der Waals surface area contributed by atoms with Gasteiger partial charge in [-0.2, -0.15) is 0 Å². The molecule has 1 aromatic rings. The quantitative estimate of drug-likeness (QED) is 0.851. The van der Waals surface area contributed by atoms with Crippen LogP contribution in [0.4, 0.5) is 0 Å². The van der Waals surface area contributed by atoms with Gasteiger partial charge in [-0.15, -0.1) is 0 Å². The maximum atomic E-state index is 6.16. The Morgan fingerprint density at radius 1 is 1.35 bits per heavy atom. The average Bonchev–Trinajstić information content (AvgIpc) is 2.44. The molecule has 2 heteroatoms. The van der Waals surface area contributed by atoms with Gasteiger partial charge in [-0.05, 0) is 58.1 Å². The summed E-state index contributed by atoms with van der Waals surface area (Å²) in [5.74, 6) is 0. The van der Waals surface area contributed by atoms with Crippen molar-refractivity contribution < 1.29 is 4.74 Å². The molecule has 1 N–H and O–H groups in total. The molecule has 0 amide bonds. The Balaban J connectivity index is 2.10. The first-order valence-corrected chi connectivity index (χ1v) is 8.07. The Labute approximate surface area is 123 Å². The summed E-state index contributed by atoms with van der Waals surface area (Å²) in [4.78, 5) is 0. The Kier molecular flexibility index (Phi) is 5.62. The molecule has 1 fully saturated rings. The molecule has 1 aliphatic heterocycles. The monoisotopic (exact) mass is 275 g/mol. The summed E-state index contributed by atoms with van der Waals surface area (Å²) in [6, 6.07) is 9.26. The molecule has 1 aromatic carbocycles. The van der Waals surface area contributed by atoms with E-state index in [1.807, 2.05) is 0 Å². The van der Waals surface area contributed by atoms with Gasteiger partial charge in [-0.3, -0.25) is 0 Å². The number of aryl methyl sites for hydroxylation is 1. The van der Waals surface area contributed by atoms with Gasteiger partial charge in [0.05, 0.1) is 5.60 Å². The number of hydrogen-bond donors (Lipinski definition) is 1. The van der Waals surface area contributed by atoms with Gasteiger partial charge >= 0.3 is 0 Å². The summed E-state index contributed by atoms with van der Waals surface area (Å²) < 4.78 is 6.16. The molecular weight excluding hydrogens is 246 g/mol. The molecule has 112 valence electrons. The minimum Gasteiger partial charge on any atom is -0.374 e. The second-order valence-corrected chi connectivity index (χ2v) is 6.32. The van der Waals surface area contributed by atoms with Crippen LogP contribution in [-0.4, -0.2) is 24.8 Å². The fourth-order valence-corrected chi connectivity index (χ4v) is 3.13. The molecule has 1 aliphatic rings. The van der Waals surface area contributed by atoms with Crippen LogP contribution in [0, 0.1) is 6.92 Å². The van der Waals surface area contributed by atoms with Crippen molar-refractivity contribution in [2.45, 2.75) is 64.5 Å². The third-order valence-corrected chi connectivity index (χ3v) is 4.40. The van der Waals surface area contributed by atoms with Crippen molar-refractivity contribution >= 4 is 0 Å². The highest BCUT2D eigenvalue weighted by Crippen LogP contribution is 2.29. The van der Waals surface area contributed by atoms with Crippen LogP contribution in [-0.2, 0) is 11.2 Å². The van der Waals surface area contributed by atoms with Crippen LogP contribution in [0.1, 0.15) is 50.7 Å².